The number of aliphatic hydroxyl groups is 1. The van der Waals surface area contributed by atoms with Crippen molar-refractivity contribution in [3.8, 4) is 0 Å². The molecule has 0 spiro atoms. The Morgan fingerprint density at radius 3 is 2.93 bits per heavy atom. The molecular weight excluding hydrogens is 176 g/mol. The Kier molecular flexibility index (Phi) is 4.85. The average Bonchev–Trinajstić information content (AvgIpc) is 2.18. The minimum atomic E-state index is -0.00711. The fraction of sp³-hybridized carbons (Fsp3) is 1.00. The molecule has 3 nitrogen and oxygen atoms in total. The van der Waals surface area contributed by atoms with Crippen LogP contribution < -0.4 is 11.1 Å². The molecule has 84 valence electrons. The molecule has 0 aliphatic heterocycles. The van der Waals surface area contributed by atoms with Crippen LogP contribution in [-0.2, 0) is 0 Å². The lowest BCUT2D eigenvalue weighted by Crippen LogP contribution is -2.51. The predicted octanol–water partition coefficient (Wildman–Crippen LogP) is 0.866. The van der Waals surface area contributed by atoms with Crippen LogP contribution in [0.15, 0.2) is 0 Å². The molecule has 4 N–H and O–H groups in total. The largest absolute Gasteiger partial charge is 0.394 e. The number of hydrogen-bond acceptors (Lipinski definition) is 3. The maximum atomic E-state index is 9.46. The molecule has 2 unspecified atom stereocenters. The molecule has 2 atom stereocenters. The first-order valence-corrected chi connectivity index (χ1v) is 5.78. The van der Waals surface area contributed by atoms with E-state index < -0.39 is 0 Å². The predicted molar refractivity (Wildman–Crippen MR) is 59.1 cm³/mol. The standard InChI is InChI=1S/C11H24N2O/c1-10-4-2-5-11(8-10,9-14)13-7-3-6-12/h10,13-14H,2-9,12H2,1H3. The third-order valence-corrected chi connectivity index (χ3v) is 3.28. The molecule has 0 bridgehead atoms. The SMILES string of the molecule is CC1CCCC(CO)(NCCCN)C1. The summed E-state index contributed by atoms with van der Waals surface area (Å²) in [6.07, 6.45) is 5.75. The van der Waals surface area contributed by atoms with Crippen molar-refractivity contribution in [2.75, 3.05) is 19.7 Å². The monoisotopic (exact) mass is 200 g/mol. The summed E-state index contributed by atoms with van der Waals surface area (Å²) in [5.74, 6) is 0.737. The highest BCUT2D eigenvalue weighted by Gasteiger charge is 2.33. The van der Waals surface area contributed by atoms with Gasteiger partial charge in [-0.2, -0.15) is 0 Å². The summed E-state index contributed by atoms with van der Waals surface area (Å²) in [5.41, 5.74) is 5.45. The van der Waals surface area contributed by atoms with Crippen LogP contribution >= 0.6 is 0 Å². The second-order valence-corrected chi connectivity index (χ2v) is 4.71. The van der Waals surface area contributed by atoms with Gasteiger partial charge < -0.3 is 16.2 Å². The van der Waals surface area contributed by atoms with Crippen molar-refractivity contribution in [2.24, 2.45) is 11.7 Å². The van der Waals surface area contributed by atoms with Crippen molar-refractivity contribution in [1.82, 2.24) is 5.32 Å². The topological polar surface area (TPSA) is 58.3 Å². The fourth-order valence-electron chi connectivity index (χ4n) is 2.48. The zero-order chi connectivity index (χ0) is 10.4. The van der Waals surface area contributed by atoms with Crippen LogP contribution in [0.4, 0.5) is 0 Å². The van der Waals surface area contributed by atoms with Gasteiger partial charge in [-0.05, 0) is 38.3 Å². The van der Waals surface area contributed by atoms with Gasteiger partial charge in [-0.15, -0.1) is 0 Å². The highest BCUT2D eigenvalue weighted by molar-refractivity contribution is 4.92. The molecule has 0 saturated heterocycles. The van der Waals surface area contributed by atoms with Gasteiger partial charge >= 0.3 is 0 Å². The summed E-state index contributed by atoms with van der Waals surface area (Å²) in [5, 5.41) is 13.0. The number of rotatable bonds is 5. The van der Waals surface area contributed by atoms with Crippen LogP contribution in [0.2, 0.25) is 0 Å². The van der Waals surface area contributed by atoms with Crippen molar-refractivity contribution in [1.29, 1.82) is 0 Å². The number of nitrogens with two attached hydrogens (primary N) is 1. The Balaban J connectivity index is 2.39. The summed E-state index contributed by atoms with van der Waals surface area (Å²) in [7, 11) is 0. The quantitative estimate of drug-likeness (QED) is 0.577. The third-order valence-electron chi connectivity index (χ3n) is 3.28. The number of nitrogens with one attached hydrogen (secondary N) is 1. The van der Waals surface area contributed by atoms with Crippen molar-refractivity contribution in [3.05, 3.63) is 0 Å². The minimum absolute atomic E-state index is 0.00711. The van der Waals surface area contributed by atoms with Gasteiger partial charge in [-0.25, -0.2) is 0 Å². The van der Waals surface area contributed by atoms with Gasteiger partial charge in [0.2, 0.25) is 0 Å². The van der Waals surface area contributed by atoms with Crippen LogP contribution in [0.25, 0.3) is 0 Å². The molecule has 3 heteroatoms. The molecule has 1 fully saturated rings. The lowest BCUT2D eigenvalue weighted by molar-refractivity contribution is 0.0999. The van der Waals surface area contributed by atoms with Crippen LogP contribution in [0, 0.1) is 5.92 Å². The van der Waals surface area contributed by atoms with E-state index in [1.807, 2.05) is 0 Å². The van der Waals surface area contributed by atoms with E-state index in [0.717, 1.165) is 38.3 Å². The Morgan fingerprint density at radius 1 is 1.57 bits per heavy atom. The molecular formula is C11H24N2O. The second-order valence-electron chi connectivity index (χ2n) is 4.71. The van der Waals surface area contributed by atoms with Gasteiger partial charge in [0.05, 0.1) is 6.61 Å². The lowest BCUT2D eigenvalue weighted by atomic mass is 9.77. The molecule has 1 aliphatic carbocycles. The zero-order valence-corrected chi connectivity index (χ0v) is 9.26. The molecule has 0 radical (unpaired) electrons. The maximum Gasteiger partial charge on any atom is 0.0613 e. The second kappa shape index (κ2) is 5.69. The van der Waals surface area contributed by atoms with E-state index in [1.165, 1.54) is 12.8 Å². The first-order valence-electron chi connectivity index (χ1n) is 5.78. The van der Waals surface area contributed by atoms with E-state index >= 15 is 0 Å². The Bertz CT molecular complexity index is 163. The van der Waals surface area contributed by atoms with E-state index in [9.17, 15) is 5.11 Å². The number of aliphatic hydroxyl groups excluding tert-OH is 1. The molecule has 0 amide bonds. The fourth-order valence-corrected chi connectivity index (χ4v) is 2.48. The van der Waals surface area contributed by atoms with Crippen molar-refractivity contribution >= 4 is 0 Å². The summed E-state index contributed by atoms with van der Waals surface area (Å²) in [6, 6.07) is 0. The van der Waals surface area contributed by atoms with E-state index in [4.69, 9.17) is 5.73 Å². The third kappa shape index (κ3) is 3.23. The first kappa shape index (κ1) is 12.0. The summed E-state index contributed by atoms with van der Waals surface area (Å²) in [4.78, 5) is 0. The van der Waals surface area contributed by atoms with Gasteiger partial charge in [0.25, 0.3) is 0 Å². The van der Waals surface area contributed by atoms with Crippen molar-refractivity contribution in [3.63, 3.8) is 0 Å². The van der Waals surface area contributed by atoms with Crippen LogP contribution in [0.1, 0.15) is 39.0 Å². The summed E-state index contributed by atoms with van der Waals surface area (Å²) < 4.78 is 0. The van der Waals surface area contributed by atoms with Crippen molar-refractivity contribution < 1.29 is 5.11 Å². The van der Waals surface area contributed by atoms with Gasteiger partial charge in [-0.3, -0.25) is 0 Å². The highest BCUT2D eigenvalue weighted by atomic mass is 16.3. The average molecular weight is 200 g/mol. The smallest absolute Gasteiger partial charge is 0.0613 e. The van der Waals surface area contributed by atoms with Gasteiger partial charge in [0, 0.05) is 5.54 Å². The van der Waals surface area contributed by atoms with Gasteiger partial charge in [0.1, 0.15) is 0 Å². The van der Waals surface area contributed by atoms with Crippen LogP contribution in [0.5, 0.6) is 0 Å². The molecule has 0 aromatic rings. The Morgan fingerprint density at radius 2 is 2.36 bits per heavy atom. The number of hydrogen-bond donors (Lipinski definition) is 3. The van der Waals surface area contributed by atoms with Crippen molar-refractivity contribution in [2.45, 2.75) is 44.6 Å². The van der Waals surface area contributed by atoms with Crippen LogP contribution in [-0.4, -0.2) is 30.3 Å². The maximum absolute atomic E-state index is 9.46. The minimum Gasteiger partial charge on any atom is -0.394 e. The highest BCUT2D eigenvalue weighted by Crippen LogP contribution is 2.31. The van der Waals surface area contributed by atoms with Crippen LogP contribution in [0.3, 0.4) is 0 Å². The molecule has 1 rings (SSSR count). The molecule has 0 aromatic carbocycles. The van der Waals surface area contributed by atoms with Gasteiger partial charge in [-0.1, -0.05) is 19.8 Å². The molecule has 1 saturated carbocycles. The van der Waals surface area contributed by atoms with E-state index in [2.05, 4.69) is 12.2 Å². The Labute approximate surface area is 87.1 Å². The van der Waals surface area contributed by atoms with Gasteiger partial charge in [0.15, 0.2) is 0 Å². The Hall–Kier alpha value is -0.120. The summed E-state index contributed by atoms with van der Waals surface area (Å²) >= 11 is 0. The molecule has 0 heterocycles. The normalized spacial score (nSPS) is 33.2. The van der Waals surface area contributed by atoms with E-state index in [1.54, 1.807) is 0 Å². The molecule has 14 heavy (non-hydrogen) atoms. The van der Waals surface area contributed by atoms with E-state index in [-0.39, 0.29) is 12.1 Å². The summed E-state index contributed by atoms with van der Waals surface area (Å²) in [6.45, 7) is 4.20. The molecule has 1 aliphatic rings. The molecule has 0 aromatic heterocycles. The lowest BCUT2D eigenvalue weighted by Gasteiger charge is -2.39. The zero-order valence-electron chi connectivity index (χ0n) is 9.26. The first-order chi connectivity index (χ1) is 6.72. The van der Waals surface area contributed by atoms with E-state index in [0.29, 0.717) is 0 Å².